The zero-order chi connectivity index (χ0) is 17.8. The third-order valence-corrected chi connectivity index (χ3v) is 5.29. The zero-order valence-electron chi connectivity index (χ0n) is 13.6. The van der Waals surface area contributed by atoms with Crippen LogP contribution in [0.1, 0.15) is 18.1 Å². The molecule has 1 fully saturated rings. The first kappa shape index (κ1) is 18.0. The minimum atomic E-state index is -0.0371. The highest BCUT2D eigenvalue weighted by molar-refractivity contribution is 8.26. The van der Waals surface area contributed by atoms with Crippen LogP contribution in [0.3, 0.4) is 0 Å². The van der Waals surface area contributed by atoms with Crippen LogP contribution in [-0.2, 0) is 11.4 Å². The lowest BCUT2D eigenvalue weighted by Gasteiger charge is -2.09. The first-order chi connectivity index (χ1) is 12.1. The number of nitrogens with zero attached hydrogens (tertiary/aromatic N) is 1. The van der Waals surface area contributed by atoms with E-state index in [4.69, 9.17) is 28.6 Å². The molecule has 0 atom stereocenters. The van der Waals surface area contributed by atoms with Gasteiger partial charge in [-0.05, 0) is 48.4 Å². The fraction of sp³-hybridized carbons (Fsp3) is 0.158. The molecule has 128 valence electrons. The Balaban J connectivity index is 1.71. The van der Waals surface area contributed by atoms with Gasteiger partial charge in [0.25, 0.3) is 5.91 Å². The van der Waals surface area contributed by atoms with Crippen molar-refractivity contribution < 1.29 is 9.53 Å². The average Bonchev–Trinajstić information content (AvgIpc) is 2.88. The second kappa shape index (κ2) is 8.04. The van der Waals surface area contributed by atoms with Crippen molar-refractivity contribution in [1.29, 1.82) is 0 Å². The molecule has 25 heavy (non-hydrogen) atoms. The van der Waals surface area contributed by atoms with Crippen molar-refractivity contribution in [3.63, 3.8) is 0 Å². The summed E-state index contributed by atoms with van der Waals surface area (Å²) in [6.45, 7) is 2.96. The van der Waals surface area contributed by atoms with Gasteiger partial charge in [0.2, 0.25) is 0 Å². The number of carbonyl (C=O) groups is 1. The molecule has 1 amide bonds. The van der Waals surface area contributed by atoms with Crippen LogP contribution in [0.4, 0.5) is 0 Å². The van der Waals surface area contributed by atoms with Gasteiger partial charge in [-0.15, -0.1) is 0 Å². The van der Waals surface area contributed by atoms with Crippen LogP contribution in [0.2, 0.25) is 5.02 Å². The third-order valence-electron chi connectivity index (χ3n) is 3.66. The number of amides is 1. The van der Waals surface area contributed by atoms with Crippen molar-refractivity contribution in [2.45, 2.75) is 13.5 Å². The van der Waals surface area contributed by atoms with Gasteiger partial charge in [-0.25, -0.2) is 0 Å². The zero-order valence-corrected chi connectivity index (χ0v) is 16.0. The summed E-state index contributed by atoms with van der Waals surface area (Å²) in [6, 6.07) is 15.2. The summed E-state index contributed by atoms with van der Waals surface area (Å²) in [6.07, 6.45) is 1.85. The van der Waals surface area contributed by atoms with Gasteiger partial charge in [0.05, 0.1) is 4.91 Å². The van der Waals surface area contributed by atoms with Crippen molar-refractivity contribution in [3.8, 4) is 5.75 Å². The number of likely N-dealkylation sites (N-methyl/N-ethyl adjacent to an activating group) is 1. The van der Waals surface area contributed by atoms with Crippen LogP contribution in [0.25, 0.3) is 6.08 Å². The van der Waals surface area contributed by atoms with Gasteiger partial charge in [0.1, 0.15) is 16.7 Å². The SMILES string of the molecule is CCN1C(=O)C(=Cc2cccc(OCc3ccc(Cl)cc3)c2)SC1=S. The summed E-state index contributed by atoms with van der Waals surface area (Å²) in [5.74, 6) is 0.708. The number of hydrogen-bond acceptors (Lipinski definition) is 4. The van der Waals surface area contributed by atoms with Gasteiger partial charge in [0.15, 0.2) is 0 Å². The van der Waals surface area contributed by atoms with E-state index in [-0.39, 0.29) is 5.91 Å². The predicted molar refractivity (Wildman–Crippen MR) is 108 cm³/mol. The van der Waals surface area contributed by atoms with E-state index in [1.807, 2.05) is 61.5 Å². The highest BCUT2D eigenvalue weighted by Crippen LogP contribution is 2.32. The molecule has 2 aromatic rings. The van der Waals surface area contributed by atoms with E-state index in [0.29, 0.717) is 27.4 Å². The van der Waals surface area contributed by atoms with E-state index in [9.17, 15) is 4.79 Å². The number of thiocarbonyl (C=S) groups is 1. The standard InChI is InChI=1S/C19H16ClNO2S2/c1-2-21-18(22)17(25-19(21)24)11-14-4-3-5-16(10-14)23-12-13-6-8-15(20)9-7-13/h3-11H,2,12H2,1H3. The highest BCUT2D eigenvalue weighted by Gasteiger charge is 2.30. The second-order valence-electron chi connectivity index (χ2n) is 5.41. The third kappa shape index (κ3) is 4.42. The summed E-state index contributed by atoms with van der Waals surface area (Å²) >= 11 is 12.5. The van der Waals surface area contributed by atoms with Crippen LogP contribution in [0.5, 0.6) is 5.75 Å². The molecule has 6 heteroatoms. The average molecular weight is 390 g/mol. The molecule has 0 aliphatic carbocycles. The Morgan fingerprint density at radius 1 is 1.24 bits per heavy atom. The predicted octanol–water partition coefficient (Wildman–Crippen LogP) is 5.14. The molecule has 3 rings (SSSR count). The van der Waals surface area contributed by atoms with Crippen molar-refractivity contribution >= 4 is 51.9 Å². The molecule has 1 saturated heterocycles. The smallest absolute Gasteiger partial charge is 0.266 e. The molecule has 0 unspecified atom stereocenters. The van der Waals surface area contributed by atoms with Crippen LogP contribution in [0, 0.1) is 0 Å². The number of carbonyl (C=O) groups excluding carboxylic acids is 1. The molecule has 1 aliphatic heterocycles. The Hall–Kier alpha value is -1.82. The minimum Gasteiger partial charge on any atom is -0.489 e. The summed E-state index contributed by atoms with van der Waals surface area (Å²) in [7, 11) is 0. The van der Waals surface area contributed by atoms with E-state index in [0.717, 1.165) is 16.9 Å². The molecule has 0 radical (unpaired) electrons. The Morgan fingerprint density at radius 2 is 2.00 bits per heavy atom. The van der Waals surface area contributed by atoms with Gasteiger partial charge in [0, 0.05) is 11.6 Å². The largest absolute Gasteiger partial charge is 0.489 e. The Labute approximate surface area is 161 Å². The maximum Gasteiger partial charge on any atom is 0.266 e. The van der Waals surface area contributed by atoms with Crippen molar-refractivity contribution in [1.82, 2.24) is 4.90 Å². The lowest BCUT2D eigenvalue weighted by Crippen LogP contribution is -2.27. The molecule has 1 aliphatic rings. The topological polar surface area (TPSA) is 29.5 Å². The highest BCUT2D eigenvalue weighted by atomic mass is 35.5. The monoisotopic (exact) mass is 389 g/mol. The van der Waals surface area contributed by atoms with E-state index < -0.39 is 0 Å². The van der Waals surface area contributed by atoms with Crippen LogP contribution < -0.4 is 4.74 Å². The molecule has 2 aromatic carbocycles. The normalized spacial score (nSPS) is 15.9. The maximum atomic E-state index is 12.3. The van der Waals surface area contributed by atoms with Crippen molar-refractivity contribution in [2.24, 2.45) is 0 Å². The number of thioether (sulfide) groups is 1. The molecule has 0 saturated carbocycles. The molecule has 0 spiro atoms. The molecule has 0 bridgehead atoms. The quantitative estimate of drug-likeness (QED) is 0.523. The van der Waals surface area contributed by atoms with Crippen molar-refractivity contribution in [3.05, 3.63) is 69.6 Å². The van der Waals surface area contributed by atoms with Gasteiger partial charge in [-0.1, -0.05) is 59.8 Å². The van der Waals surface area contributed by atoms with Gasteiger partial charge in [-0.3, -0.25) is 9.69 Å². The fourth-order valence-electron chi connectivity index (χ4n) is 2.37. The molecule has 0 aromatic heterocycles. The summed E-state index contributed by atoms with van der Waals surface area (Å²) in [4.78, 5) is 14.5. The first-order valence-corrected chi connectivity index (χ1v) is 9.40. The molecular weight excluding hydrogens is 374 g/mol. The molecule has 1 heterocycles. The Kier molecular flexibility index (Phi) is 5.78. The van der Waals surface area contributed by atoms with E-state index in [1.165, 1.54) is 11.8 Å². The van der Waals surface area contributed by atoms with Crippen molar-refractivity contribution in [2.75, 3.05) is 6.54 Å². The lowest BCUT2D eigenvalue weighted by atomic mass is 10.2. The number of ether oxygens (including phenoxy) is 1. The van der Waals surface area contributed by atoms with Crippen LogP contribution in [-0.4, -0.2) is 21.7 Å². The summed E-state index contributed by atoms with van der Waals surface area (Å²) < 4.78 is 6.43. The Bertz CT molecular complexity index is 834. The molecular formula is C19H16ClNO2S2. The number of benzene rings is 2. The number of rotatable bonds is 5. The maximum absolute atomic E-state index is 12.3. The van der Waals surface area contributed by atoms with E-state index in [1.54, 1.807) is 4.90 Å². The molecule has 3 nitrogen and oxygen atoms in total. The van der Waals surface area contributed by atoms with Crippen LogP contribution in [0.15, 0.2) is 53.4 Å². The van der Waals surface area contributed by atoms with Gasteiger partial charge < -0.3 is 4.74 Å². The van der Waals surface area contributed by atoms with Crippen LogP contribution >= 0.6 is 35.6 Å². The number of halogens is 1. The second-order valence-corrected chi connectivity index (χ2v) is 7.53. The summed E-state index contributed by atoms with van der Waals surface area (Å²) in [5, 5.41) is 0.704. The minimum absolute atomic E-state index is 0.0371. The summed E-state index contributed by atoms with van der Waals surface area (Å²) in [5.41, 5.74) is 1.95. The van der Waals surface area contributed by atoms with Gasteiger partial charge >= 0.3 is 0 Å². The van der Waals surface area contributed by atoms with Gasteiger partial charge in [-0.2, -0.15) is 0 Å². The Morgan fingerprint density at radius 3 is 2.68 bits per heavy atom. The first-order valence-electron chi connectivity index (χ1n) is 7.79. The molecule has 0 N–H and O–H groups in total. The van der Waals surface area contributed by atoms with E-state index in [2.05, 4.69) is 0 Å². The fourth-order valence-corrected chi connectivity index (χ4v) is 3.88. The number of hydrogen-bond donors (Lipinski definition) is 0. The van der Waals surface area contributed by atoms with E-state index >= 15 is 0 Å². The lowest BCUT2D eigenvalue weighted by molar-refractivity contribution is -0.121.